The minimum absolute atomic E-state index is 0.0531. The van der Waals surface area contributed by atoms with Gasteiger partial charge in [-0.25, -0.2) is 14.4 Å². The Kier molecular flexibility index (Phi) is 5.30. The van der Waals surface area contributed by atoms with Crippen molar-refractivity contribution in [3.63, 3.8) is 0 Å². The predicted molar refractivity (Wildman–Crippen MR) is 97.5 cm³/mol. The second-order valence-corrected chi connectivity index (χ2v) is 7.30. The number of pyridine rings is 1. The molecule has 0 saturated heterocycles. The summed E-state index contributed by atoms with van der Waals surface area (Å²) in [5, 5.41) is 0.698. The third kappa shape index (κ3) is 4.51. The largest absolute Gasteiger partial charge is 0.416 e. The van der Waals surface area contributed by atoms with Gasteiger partial charge in [0.2, 0.25) is 5.13 Å². The molecule has 0 radical (unpaired) electrons. The fourth-order valence-corrected chi connectivity index (χ4v) is 3.17. The lowest BCUT2D eigenvalue weighted by Crippen LogP contribution is -2.11. The van der Waals surface area contributed by atoms with Crippen LogP contribution in [0.2, 0.25) is 5.02 Å². The van der Waals surface area contributed by atoms with Crippen LogP contribution in [0.3, 0.4) is 0 Å². The molecule has 0 amide bonds. The molecule has 3 aromatic rings. The van der Waals surface area contributed by atoms with Crippen LogP contribution in [-0.2, 0) is 6.18 Å². The fourth-order valence-electron chi connectivity index (χ4n) is 2.27. The van der Waals surface area contributed by atoms with Gasteiger partial charge in [0, 0.05) is 16.6 Å². The number of aryl methyl sites for hydroxylation is 2. The molecular weight excluding hydrogens is 402 g/mol. The van der Waals surface area contributed by atoms with Gasteiger partial charge in [0.15, 0.2) is 0 Å². The molecule has 0 bridgehead atoms. The van der Waals surface area contributed by atoms with Gasteiger partial charge < -0.3 is 0 Å². The zero-order chi connectivity index (χ0) is 19.8. The molecule has 3 rings (SSSR count). The Hall–Kier alpha value is -2.32. The van der Waals surface area contributed by atoms with E-state index in [9.17, 15) is 17.6 Å². The molecule has 2 aromatic heterocycles. The van der Waals surface area contributed by atoms with Crippen LogP contribution in [0, 0.1) is 19.7 Å². The van der Waals surface area contributed by atoms with Crippen LogP contribution < -0.4 is 0 Å². The summed E-state index contributed by atoms with van der Waals surface area (Å²) in [5.74, 6) is -1.02. The molecule has 0 aliphatic carbocycles. The van der Waals surface area contributed by atoms with Crippen molar-refractivity contribution in [2.45, 2.75) is 20.0 Å². The molecule has 0 spiro atoms. The van der Waals surface area contributed by atoms with Crippen LogP contribution in [-0.4, -0.2) is 15.7 Å². The van der Waals surface area contributed by atoms with E-state index in [1.165, 1.54) is 29.7 Å². The first-order valence-electron chi connectivity index (χ1n) is 7.66. The number of alkyl halides is 3. The Labute approximate surface area is 161 Å². The predicted octanol–water partition coefficient (Wildman–Crippen LogP) is 6.14. The summed E-state index contributed by atoms with van der Waals surface area (Å²) in [6.45, 7) is 3.66. The van der Waals surface area contributed by atoms with Crippen LogP contribution in [0.1, 0.15) is 27.4 Å². The number of rotatable bonds is 3. The van der Waals surface area contributed by atoms with Gasteiger partial charge >= 0.3 is 6.18 Å². The summed E-state index contributed by atoms with van der Waals surface area (Å²) in [5.41, 5.74) is -0.0697. The molecule has 2 heterocycles. The molecule has 9 heteroatoms. The van der Waals surface area contributed by atoms with E-state index in [1.807, 2.05) is 6.92 Å². The van der Waals surface area contributed by atoms with Gasteiger partial charge in [-0.3, -0.25) is 4.98 Å². The highest BCUT2D eigenvalue weighted by Crippen LogP contribution is 2.32. The van der Waals surface area contributed by atoms with Crippen LogP contribution in [0.15, 0.2) is 41.5 Å². The first-order chi connectivity index (χ1) is 12.6. The zero-order valence-corrected chi connectivity index (χ0v) is 15.7. The molecule has 0 unspecified atom stereocenters. The maximum Gasteiger partial charge on any atom is 0.416 e. The van der Waals surface area contributed by atoms with Gasteiger partial charge in [-0.15, -0.1) is 0 Å². The maximum absolute atomic E-state index is 13.9. The van der Waals surface area contributed by atoms with E-state index in [1.54, 1.807) is 6.92 Å². The van der Waals surface area contributed by atoms with Crippen LogP contribution in [0.25, 0.3) is 0 Å². The monoisotopic (exact) mass is 413 g/mol. The number of aliphatic imine (C=N–C) groups is 1. The highest BCUT2D eigenvalue weighted by Gasteiger charge is 2.32. The van der Waals surface area contributed by atoms with Crippen molar-refractivity contribution in [2.75, 3.05) is 0 Å². The molecule has 0 atom stereocenters. The van der Waals surface area contributed by atoms with Crippen molar-refractivity contribution in [2.24, 2.45) is 4.99 Å². The summed E-state index contributed by atoms with van der Waals surface area (Å²) in [6, 6.07) is 5.30. The zero-order valence-electron chi connectivity index (χ0n) is 14.1. The number of hydrogen-bond acceptors (Lipinski definition) is 4. The third-order valence-electron chi connectivity index (χ3n) is 3.69. The SMILES string of the molecule is Cc1nc(/N=C(\c2cc(F)cc(C(F)(F)F)c2)c2ccc(Cl)cn2)sc1C. The molecule has 140 valence electrons. The normalized spacial score (nSPS) is 12.5. The molecule has 1 aromatic carbocycles. The molecule has 0 fully saturated rings. The van der Waals surface area contributed by atoms with Crippen LogP contribution in [0.4, 0.5) is 22.7 Å². The molecule has 0 aliphatic heterocycles. The number of halogens is 5. The lowest BCUT2D eigenvalue weighted by Gasteiger charge is -2.11. The van der Waals surface area contributed by atoms with Crippen molar-refractivity contribution in [1.29, 1.82) is 0 Å². The minimum atomic E-state index is -4.69. The number of hydrogen-bond donors (Lipinski definition) is 0. The molecule has 0 N–H and O–H groups in total. The average Bonchev–Trinajstić information content (AvgIpc) is 2.90. The van der Waals surface area contributed by atoms with Crippen molar-refractivity contribution < 1.29 is 17.6 Å². The summed E-state index contributed by atoms with van der Waals surface area (Å²) < 4.78 is 53.2. The summed E-state index contributed by atoms with van der Waals surface area (Å²) in [6.07, 6.45) is -3.35. The molecule has 27 heavy (non-hydrogen) atoms. The second kappa shape index (κ2) is 7.36. The fraction of sp³-hybridized carbons (Fsp3) is 0.167. The van der Waals surface area contributed by atoms with E-state index in [0.29, 0.717) is 16.2 Å². The lowest BCUT2D eigenvalue weighted by molar-refractivity contribution is -0.137. The third-order valence-corrected chi connectivity index (χ3v) is 4.88. The van der Waals surface area contributed by atoms with Gasteiger partial charge in [0.25, 0.3) is 0 Å². The first-order valence-corrected chi connectivity index (χ1v) is 8.86. The Balaban J connectivity index is 2.21. The second-order valence-electron chi connectivity index (χ2n) is 5.69. The number of benzene rings is 1. The summed E-state index contributed by atoms with van der Waals surface area (Å²) in [7, 11) is 0. The smallest absolute Gasteiger partial charge is 0.253 e. The molecule has 0 aliphatic rings. The van der Waals surface area contributed by atoms with Crippen molar-refractivity contribution in [1.82, 2.24) is 9.97 Å². The molecule has 3 nitrogen and oxygen atoms in total. The van der Waals surface area contributed by atoms with E-state index in [2.05, 4.69) is 15.0 Å². The van der Waals surface area contributed by atoms with Crippen molar-refractivity contribution in [3.8, 4) is 0 Å². The minimum Gasteiger partial charge on any atom is -0.253 e. The van der Waals surface area contributed by atoms with E-state index < -0.39 is 17.6 Å². The Morgan fingerprint density at radius 2 is 1.89 bits per heavy atom. The van der Waals surface area contributed by atoms with E-state index in [0.717, 1.165) is 22.7 Å². The molecule has 0 saturated carbocycles. The molecular formula is C18H12ClF4N3S. The van der Waals surface area contributed by atoms with Gasteiger partial charge in [0.1, 0.15) is 5.82 Å². The number of nitrogens with zero attached hydrogens (tertiary/aromatic N) is 3. The number of thiazole rings is 1. The van der Waals surface area contributed by atoms with E-state index in [4.69, 9.17) is 11.6 Å². The average molecular weight is 414 g/mol. The topological polar surface area (TPSA) is 38.1 Å². The lowest BCUT2D eigenvalue weighted by atomic mass is 10.0. The van der Waals surface area contributed by atoms with E-state index >= 15 is 0 Å². The highest BCUT2D eigenvalue weighted by molar-refractivity contribution is 7.15. The standard InChI is InChI=1S/C18H12ClF4N3S/c1-9-10(2)27-17(25-9)26-16(15-4-3-13(19)8-24-15)11-5-12(18(21,22)23)7-14(20)6-11/h3-8H,1-2H3/b26-16+. The Bertz CT molecular complexity index is 991. The van der Waals surface area contributed by atoms with E-state index in [-0.39, 0.29) is 17.0 Å². The number of aromatic nitrogens is 2. The Morgan fingerprint density at radius 3 is 2.44 bits per heavy atom. The summed E-state index contributed by atoms with van der Waals surface area (Å²) >= 11 is 7.12. The van der Waals surface area contributed by atoms with Crippen LogP contribution in [0.5, 0.6) is 0 Å². The Morgan fingerprint density at radius 1 is 1.15 bits per heavy atom. The highest BCUT2D eigenvalue weighted by atomic mass is 35.5. The quantitative estimate of drug-likeness (QED) is 0.382. The van der Waals surface area contributed by atoms with Crippen molar-refractivity contribution >= 4 is 33.8 Å². The van der Waals surface area contributed by atoms with Gasteiger partial charge in [-0.1, -0.05) is 22.9 Å². The maximum atomic E-state index is 13.9. The van der Waals surface area contributed by atoms with Crippen LogP contribution >= 0.6 is 22.9 Å². The van der Waals surface area contributed by atoms with Gasteiger partial charge in [0.05, 0.1) is 27.7 Å². The van der Waals surface area contributed by atoms with Gasteiger partial charge in [-0.05, 0) is 44.2 Å². The van der Waals surface area contributed by atoms with Crippen molar-refractivity contribution in [3.05, 3.63) is 74.8 Å². The first kappa shape index (κ1) is 19.4. The summed E-state index contributed by atoms with van der Waals surface area (Å²) in [4.78, 5) is 13.7. The van der Waals surface area contributed by atoms with Gasteiger partial charge in [-0.2, -0.15) is 13.2 Å².